The molecule has 1 aliphatic rings. The molecule has 2 aromatic rings. The van der Waals surface area contributed by atoms with Crippen molar-refractivity contribution in [1.82, 2.24) is 4.90 Å². The number of thioether (sulfide) groups is 1. The van der Waals surface area contributed by atoms with Gasteiger partial charge in [-0.15, -0.1) is 11.8 Å². The summed E-state index contributed by atoms with van der Waals surface area (Å²) in [7, 11) is 0. The van der Waals surface area contributed by atoms with Gasteiger partial charge in [-0.2, -0.15) is 0 Å². The van der Waals surface area contributed by atoms with Gasteiger partial charge in [0.1, 0.15) is 0 Å². The SMILES string of the molecule is CCSc1ccccc1C(=O)N1CCCCC(c2ccccc2)C1. The van der Waals surface area contributed by atoms with Crippen LogP contribution >= 0.6 is 11.8 Å². The van der Waals surface area contributed by atoms with Crippen molar-refractivity contribution in [3.63, 3.8) is 0 Å². The smallest absolute Gasteiger partial charge is 0.255 e. The van der Waals surface area contributed by atoms with Gasteiger partial charge in [0.15, 0.2) is 0 Å². The fourth-order valence-electron chi connectivity index (χ4n) is 3.42. The summed E-state index contributed by atoms with van der Waals surface area (Å²) < 4.78 is 0. The van der Waals surface area contributed by atoms with Crippen LogP contribution in [0.2, 0.25) is 0 Å². The number of hydrogen-bond acceptors (Lipinski definition) is 2. The van der Waals surface area contributed by atoms with Crippen molar-refractivity contribution in [2.75, 3.05) is 18.8 Å². The van der Waals surface area contributed by atoms with Crippen LogP contribution in [0.25, 0.3) is 0 Å². The van der Waals surface area contributed by atoms with Crippen molar-refractivity contribution in [2.45, 2.75) is 37.0 Å². The van der Waals surface area contributed by atoms with Gasteiger partial charge < -0.3 is 4.90 Å². The van der Waals surface area contributed by atoms with Gasteiger partial charge in [-0.25, -0.2) is 0 Å². The number of hydrogen-bond donors (Lipinski definition) is 0. The first-order chi connectivity index (χ1) is 11.8. The minimum absolute atomic E-state index is 0.189. The number of benzene rings is 2. The molecule has 3 heteroatoms. The lowest BCUT2D eigenvalue weighted by Gasteiger charge is -2.25. The Morgan fingerprint density at radius 3 is 2.62 bits per heavy atom. The van der Waals surface area contributed by atoms with Crippen molar-refractivity contribution in [3.8, 4) is 0 Å². The summed E-state index contributed by atoms with van der Waals surface area (Å²) >= 11 is 1.75. The zero-order chi connectivity index (χ0) is 16.8. The zero-order valence-electron chi connectivity index (χ0n) is 14.3. The van der Waals surface area contributed by atoms with Crippen LogP contribution < -0.4 is 0 Å². The minimum Gasteiger partial charge on any atom is -0.338 e. The van der Waals surface area contributed by atoms with E-state index in [0.29, 0.717) is 5.92 Å². The van der Waals surface area contributed by atoms with Gasteiger partial charge in [0.25, 0.3) is 5.91 Å². The lowest BCUT2D eigenvalue weighted by molar-refractivity contribution is 0.0751. The van der Waals surface area contributed by atoms with Crippen molar-refractivity contribution >= 4 is 17.7 Å². The molecule has 0 bridgehead atoms. The van der Waals surface area contributed by atoms with Crippen LogP contribution in [0.3, 0.4) is 0 Å². The highest BCUT2D eigenvalue weighted by molar-refractivity contribution is 7.99. The molecule has 126 valence electrons. The topological polar surface area (TPSA) is 20.3 Å². The van der Waals surface area contributed by atoms with Crippen LogP contribution in [0.15, 0.2) is 59.5 Å². The van der Waals surface area contributed by atoms with Crippen LogP contribution in [0.5, 0.6) is 0 Å². The standard InChI is InChI=1S/C21H25NOS/c1-2-24-20-14-7-6-13-19(20)21(23)22-15-9-8-12-18(16-22)17-10-4-3-5-11-17/h3-7,10-11,13-14,18H,2,8-9,12,15-16H2,1H3. The van der Waals surface area contributed by atoms with E-state index < -0.39 is 0 Å². The molecule has 2 aromatic carbocycles. The fraction of sp³-hybridized carbons (Fsp3) is 0.381. The molecule has 1 saturated heterocycles. The number of rotatable bonds is 4. The van der Waals surface area contributed by atoms with Crippen LogP contribution in [0.4, 0.5) is 0 Å². The Kier molecular flexibility index (Phi) is 5.97. The molecule has 1 fully saturated rings. The lowest BCUT2D eigenvalue weighted by Crippen LogP contribution is -2.34. The van der Waals surface area contributed by atoms with Crippen LogP contribution in [0.1, 0.15) is 48.0 Å². The first kappa shape index (κ1) is 17.1. The average molecular weight is 340 g/mol. The predicted octanol–water partition coefficient (Wildman–Crippen LogP) is 5.21. The van der Waals surface area contributed by atoms with Gasteiger partial charge in [0.05, 0.1) is 5.56 Å². The largest absolute Gasteiger partial charge is 0.338 e. The maximum Gasteiger partial charge on any atom is 0.255 e. The highest BCUT2D eigenvalue weighted by Gasteiger charge is 2.25. The van der Waals surface area contributed by atoms with Crippen molar-refractivity contribution in [1.29, 1.82) is 0 Å². The molecular formula is C21H25NOS. The van der Waals surface area contributed by atoms with Gasteiger partial charge in [-0.3, -0.25) is 4.79 Å². The summed E-state index contributed by atoms with van der Waals surface area (Å²) in [5.41, 5.74) is 2.21. The summed E-state index contributed by atoms with van der Waals surface area (Å²) in [6, 6.07) is 18.7. The molecule has 0 radical (unpaired) electrons. The second kappa shape index (κ2) is 8.39. The van der Waals surface area contributed by atoms with E-state index in [1.165, 1.54) is 18.4 Å². The van der Waals surface area contributed by atoms with Gasteiger partial charge in [-0.1, -0.05) is 55.8 Å². The highest BCUT2D eigenvalue weighted by Crippen LogP contribution is 2.29. The molecule has 1 heterocycles. The molecule has 0 saturated carbocycles. The van der Waals surface area contributed by atoms with E-state index in [-0.39, 0.29) is 5.91 Å². The van der Waals surface area contributed by atoms with Crippen molar-refractivity contribution in [3.05, 3.63) is 65.7 Å². The number of carbonyl (C=O) groups is 1. The Morgan fingerprint density at radius 1 is 1.08 bits per heavy atom. The van der Waals surface area contributed by atoms with E-state index >= 15 is 0 Å². The number of amides is 1. The third-order valence-corrected chi connectivity index (χ3v) is 5.60. The van der Waals surface area contributed by atoms with E-state index in [1.807, 2.05) is 18.2 Å². The van der Waals surface area contributed by atoms with E-state index in [4.69, 9.17) is 0 Å². The van der Waals surface area contributed by atoms with E-state index in [9.17, 15) is 4.79 Å². The Balaban J connectivity index is 1.81. The molecule has 0 aromatic heterocycles. The molecule has 0 spiro atoms. The van der Waals surface area contributed by atoms with Crippen molar-refractivity contribution in [2.24, 2.45) is 0 Å². The van der Waals surface area contributed by atoms with Crippen LogP contribution in [-0.2, 0) is 0 Å². The fourth-order valence-corrected chi connectivity index (χ4v) is 4.22. The monoisotopic (exact) mass is 339 g/mol. The Labute approximate surface area is 149 Å². The predicted molar refractivity (Wildman–Crippen MR) is 102 cm³/mol. The third kappa shape index (κ3) is 4.02. The van der Waals surface area contributed by atoms with Gasteiger partial charge >= 0.3 is 0 Å². The number of likely N-dealkylation sites (tertiary alicyclic amines) is 1. The van der Waals surface area contributed by atoms with Crippen molar-refractivity contribution < 1.29 is 4.79 Å². The summed E-state index contributed by atoms with van der Waals surface area (Å²) in [6.07, 6.45) is 3.45. The van der Waals surface area contributed by atoms with Crippen LogP contribution in [-0.4, -0.2) is 29.6 Å². The lowest BCUT2D eigenvalue weighted by atomic mass is 9.94. The van der Waals surface area contributed by atoms with Gasteiger partial charge in [-0.05, 0) is 36.3 Å². The normalized spacial score (nSPS) is 18.2. The first-order valence-electron chi connectivity index (χ1n) is 8.85. The summed E-state index contributed by atoms with van der Waals surface area (Å²) in [5.74, 6) is 1.62. The molecule has 1 aliphatic heterocycles. The van der Waals surface area contributed by atoms with E-state index in [2.05, 4.69) is 48.2 Å². The molecule has 1 amide bonds. The Morgan fingerprint density at radius 2 is 1.83 bits per heavy atom. The third-order valence-electron chi connectivity index (χ3n) is 4.65. The number of nitrogens with zero attached hydrogens (tertiary/aromatic N) is 1. The molecule has 0 N–H and O–H groups in total. The molecule has 1 atom stereocenters. The highest BCUT2D eigenvalue weighted by atomic mass is 32.2. The maximum absolute atomic E-state index is 13.1. The summed E-state index contributed by atoms with van der Waals surface area (Å²) in [5, 5.41) is 0. The molecule has 1 unspecified atom stereocenters. The zero-order valence-corrected chi connectivity index (χ0v) is 15.1. The second-order valence-electron chi connectivity index (χ2n) is 6.28. The molecule has 24 heavy (non-hydrogen) atoms. The quantitative estimate of drug-likeness (QED) is 0.713. The minimum atomic E-state index is 0.189. The Bertz CT molecular complexity index is 671. The summed E-state index contributed by atoms with van der Waals surface area (Å²) in [6.45, 7) is 3.82. The van der Waals surface area contributed by atoms with Crippen LogP contribution in [0, 0.1) is 0 Å². The second-order valence-corrected chi connectivity index (χ2v) is 7.59. The Hall–Kier alpha value is -1.74. The van der Waals surface area contributed by atoms with Gasteiger partial charge in [0.2, 0.25) is 0 Å². The first-order valence-corrected chi connectivity index (χ1v) is 9.84. The van der Waals surface area contributed by atoms with Gasteiger partial charge in [0, 0.05) is 23.9 Å². The molecule has 3 rings (SSSR count). The molecule has 0 aliphatic carbocycles. The maximum atomic E-state index is 13.1. The molecular weight excluding hydrogens is 314 g/mol. The van der Waals surface area contributed by atoms with E-state index in [0.717, 1.165) is 35.7 Å². The summed E-state index contributed by atoms with van der Waals surface area (Å²) in [4.78, 5) is 16.3. The molecule has 2 nitrogen and oxygen atoms in total. The number of carbonyl (C=O) groups excluding carboxylic acids is 1. The van der Waals surface area contributed by atoms with E-state index in [1.54, 1.807) is 11.8 Å². The average Bonchev–Trinajstić information content (AvgIpc) is 2.89.